The normalized spacial score (nSPS) is 11.7. The second-order valence-electron chi connectivity index (χ2n) is 5.95. The van der Waals surface area contributed by atoms with E-state index in [1.807, 2.05) is 55.5 Å². The van der Waals surface area contributed by atoms with Gasteiger partial charge in [0.1, 0.15) is 17.3 Å². The van der Waals surface area contributed by atoms with Crippen LogP contribution < -0.4 is 10.6 Å². The van der Waals surface area contributed by atoms with Gasteiger partial charge in [-0.3, -0.25) is 0 Å². The van der Waals surface area contributed by atoms with Crippen LogP contribution in [0.4, 0.5) is 14.5 Å². The molecule has 0 aromatic heterocycles. The standard InChI is InChI=1S/C21H18F2N2S/c1-14-7-5-10-16(13-14)19(15-8-3-2-4-9-15)24-21(26)25-20-17(22)11-6-12-18(20)23/h2-13,19H,1H3,(H2,24,25,26)/t19-/m0/s1. The monoisotopic (exact) mass is 368 g/mol. The van der Waals surface area contributed by atoms with Crippen molar-refractivity contribution in [1.29, 1.82) is 0 Å². The Hall–Kier alpha value is -2.79. The molecule has 0 saturated carbocycles. The Bertz CT molecular complexity index is 893. The number of aryl methyl sites for hydroxylation is 1. The summed E-state index contributed by atoms with van der Waals surface area (Å²) in [4.78, 5) is 0. The van der Waals surface area contributed by atoms with Crippen molar-refractivity contribution in [3.8, 4) is 0 Å². The minimum atomic E-state index is -0.694. The highest BCUT2D eigenvalue weighted by atomic mass is 32.1. The van der Waals surface area contributed by atoms with E-state index in [9.17, 15) is 8.78 Å². The maximum Gasteiger partial charge on any atom is 0.171 e. The maximum absolute atomic E-state index is 13.9. The molecule has 0 amide bonds. The Morgan fingerprint density at radius 1 is 0.846 bits per heavy atom. The molecule has 5 heteroatoms. The Kier molecular flexibility index (Phi) is 5.58. The molecular weight excluding hydrogens is 350 g/mol. The molecule has 26 heavy (non-hydrogen) atoms. The number of nitrogens with one attached hydrogen (secondary N) is 2. The van der Waals surface area contributed by atoms with Crippen LogP contribution in [0.2, 0.25) is 0 Å². The third kappa shape index (κ3) is 4.24. The Labute approximate surface area is 156 Å². The van der Waals surface area contributed by atoms with E-state index in [2.05, 4.69) is 16.7 Å². The Morgan fingerprint density at radius 3 is 2.12 bits per heavy atom. The zero-order chi connectivity index (χ0) is 18.5. The first kappa shape index (κ1) is 18.0. The fourth-order valence-electron chi connectivity index (χ4n) is 2.75. The highest BCUT2D eigenvalue weighted by Gasteiger charge is 2.17. The van der Waals surface area contributed by atoms with Crippen LogP contribution in [-0.4, -0.2) is 5.11 Å². The minimum Gasteiger partial charge on any atom is -0.352 e. The quantitative estimate of drug-likeness (QED) is 0.607. The summed E-state index contributed by atoms with van der Waals surface area (Å²) in [5.41, 5.74) is 2.86. The van der Waals surface area contributed by atoms with Gasteiger partial charge in [0, 0.05) is 0 Å². The predicted molar refractivity (Wildman–Crippen MR) is 105 cm³/mol. The van der Waals surface area contributed by atoms with Crippen molar-refractivity contribution in [3.05, 3.63) is 101 Å². The topological polar surface area (TPSA) is 24.1 Å². The van der Waals surface area contributed by atoms with Gasteiger partial charge >= 0.3 is 0 Å². The molecule has 2 nitrogen and oxygen atoms in total. The van der Waals surface area contributed by atoms with Gasteiger partial charge in [-0.05, 0) is 42.4 Å². The summed E-state index contributed by atoms with van der Waals surface area (Å²) in [6.07, 6.45) is 0. The molecule has 0 saturated heterocycles. The van der Waals surface area contributed by atoms with Gasteiger partial charge < -0.3 is 10.6 Å². The van der Waals surface area contributed by atoms with Crippen molar-refractivity contribution in [3.63, 3.8) is 0 Å². The number of rotatable bonds is 4. The third-order valence-corrected chi connectivity index (χ3v) is 4.21. The fraction of sp³-hybridized carbons (Fsp3) is 0.0952. The molecular formula is C21H18F2N2S. The van der Waals surface area contributed by atoms with Crippen LogP contribution in [0, 0.1) is 18.6 Å². The van der Waals surface area contributed by atoms with E-state index >= 15 is 0 Å². The Balaban J connectivity index is 1.87. The van der Waals surface area contributed by atoms with Gasteiger partial charge in [-0.2, -0.15) is 0 Å². The Morgan fingerprint density at radius 2 is 1.46 bits per heavy atom. The van der Waals surface area contributed by atoms with E-state index in [0.29, 0.717) is 0 Å². The summed E-state index contributed by atoms with van der Waals surface area (Å²) in [7, 11) is 0. The zero-order valence-corrected chi connectivity index (χ0v) is 15.0. The van der Waals surface area contributed by atoms with Gasteiger partial charge in [-0.1, -0.05) is 66.2 Å². The van der Waals surface area contributed by atoms with Crippen LogP contribution in [0.5, 0.6) is 0 Å². The predicted octanol–water partition coefficient (Wildman–Crippen LogP) is 5.35. The highest BCUT2D eigenvalue weighted by molar-refractivity contribution is 7.80. The molecule has 3 rings (SSSR count). The number of benzene rings is 3. The third-order valence-electron chi connectivity index (χ3n) is 3.99. The summed E-state index contributed by atoms with van der Waals surface area (Å²) in [6, 6.07) is 21.2. The lowest BCUT2D eigenvalue weighted by Gasteiger charge is -2.22. The molecule has 0 aliphatic rings. The summed E-state index contributed by atoms with van der Waals surface area (Å²) in [5, 5.41) is 5.94. The lowest BCUT2D eigenvalue weighted by molar-refractivity contribution is 0.591. The summed E-state index contributed by atoms with van der Waals surface area (Å²) in [5.74, 6) is -1.39. The van der Waals surface area contributed by atoms with Crippen molar-refractivity contribution in [2.75, 3.05) is 5.32 Å². The molecule has 0 radical (unpaired) electrons. The van der Waals surface area contributed by atoms with Crippen LogP contribution in [0.1, 0.15) is 22.7 Å². The van der Waals surface area contributed by atoms with Crippen molar-refractivity contribution in [2.45, 2.75) is 13.0 Å². The van der Waals surface area contributed by atoms with Gasteiger partial charge in [0.05, 0.1) is 6.04 Å². The van der Waals surface area contributed by atoms with Crippen molar-refractivity contribution < 1.29 is 8.78 Å². The molecule has 1 atom stereocenters. The molecule has 2 N–H and O–H groups in total. The van der Waals surface area contributed by atoms with Gasteiger partial charge in [0.25, 0.3) is 0 Å². The van der Waals surface area contributed by atoms with Crippen LogP contribution in [0.25, 0.3) is 0 Å². The number of halogens is 2. The minimum absolute atomic E-state index is 0.143. The highest BCUT2D eigenvalue weighted by Crippen LogP contribution is 2.24. The van der Waals surface area contributed by atoms with Crippen molar-refractivity contribution in [2.24, 2.45) is 0 Å². The molecule has 0 fully saturated rings. The molecule has 0 spiro atoms. The lowest BCUT2D eigenvalue weighted by Crippen LogP contribution is -2.33. The number of anilines is 1. The molecule has 0 bridgehead atoms. The van der Waals surface area contributed by atoms with Gasteiger partial charge in [-0.15, -0.1) is 0 Å². The van der Waals surface area contributed by atoms with E-state index in [0.717, 1.165) is 16.7 Å². The van der Waals surface area contributed by atoms with E-state index in [4.69, 9.17) is 12.2 Å². The van der Waals surface area contributed by atoms with E-state index in [1.165, 1.54) is 18.2 Å². The molecule has 0 unspecified atom stereocenters. The first-order valence-electron chi connectivity index (χ1n) is 8.17. The van der Waals surface area contributed by atoms with Crippen LogP contribution in [0.15, 0.2) is 72.8 Å². The summed E-state index contributed by atoms with van der Waals surface area (Å²) in [6.45, 7) is 2.01. The molecule has 132 valence electrons. The van der Waals surface area contributed by atoms with E-state index in [1.54, 1.807) is 0 Å². The van der Waals surface area contributed by atoms with E-state index < -0.39 is 11.6 Å². The number of hydrogen-bond donors (Lipinski definition) is 2. The van der Waals surface area contributed by atoms with Gasteiger partial charge in [0.2, 0.25) is 0 Å². The van der Waals surface area contributed by atoms with Crippen LogP contribution in [0.3, 0.4) is 0 Å². The average molecular weight is 368 g/mol. The number of thiocarbonyl (C=S) groups is 1. The second-order valence-corrected chi connectivity index (χ2v) is 6.36. The molecule has 0 aliphatic heterocycles. The van der Waals surface area contributed by atoms with Crippen LogP contribution in [-0.2, 0) is 0 Å². The molecule has 3 aromatic rings. The fourth-order valence-corrected chi connectivity index (χ4v) is 2.97. The second kappa shape index (κ2) is 8.06. The molecule has 3 aromatic carbocycles. The average Bonchev–Trinajstić information content (AvgIpc) is 2.63. The number of para-hydroxylation sites is 1. The van der Waals surface area contributed by atoms with Gasteiger partial charge in [0.15, 0.2) is 5.11 Å². The van der Waals surface area contributed by atoms with E-state index in [-0.39, 0.29) is 16.8 Å². The van der Waals surface area contributed by atoms with Gasteiger partial charge in [-0.25, -0.2) is 8.78 Å². The SMILES string of the molecule is Cc1cccc([C@@H](NC(=S)Nc2c(F)cccc2F)c2ccccc2)c1. The largest absolute Gasteiger partial charge is 0.352 e. The first-order chi connectivity index (χ1) is 12.5. The van der Waals surface area contributed by atoms with Crippen LogP contribution >= 0.6 is 12.2 Å². The van der Waals surface area contributed by atoms with Crippen molar-refractivity contribution >= 4 is 23.0 Å². The molecule has 0 heterocycles. The zero-order valence-electron chi connectivity index (χ0n) is 14.2. The van der Waals surface area contributed by atoms with Crippen molar-refractivity contribution in [1.82, 2.24) is 5.32 Å². The maximum atomic E-state index is 13.9. The summed E-state index contributed by atoms with van der Waals surface area (Å²) >= 11 is 5.31. The lowest BCUT2D eigenvalue weighted by atomic mass is 9.97. The molecule has 0 aliphatic carbocycles. The first-order valence-corrected chi connectivity index (χ1v) is 8.58. The smallest absolute Gasteiger partial charge is 0.171 e. The summed E-state index contributed by atoms with van der Waals surface area (Å²) < 4.78 is 27.7. The number of hydrogen-bond acceptors (Lipinski definition) is 1.